The highest BCUT2D eigenvalue weighted by atomic mass is 127. The monoisotopic (exact) mass is 542 g/mol. The smallest absolute Gasteiger partial charge is 0.191 e. The summed E-state index contributed by atoms with van der Waals surface area (Å²) >= 11 is 0. The molecule has 0 bridgehead atoms. The minimum atomic E-state index is -0.301. The van der Waals surface area contributed by atoms with Crippen molar-refractivity contribution in [3.05, 3.63) is 54.3 Å². The molecule has 0 spiro atoms. The molecule has 2 atom stereocenters. The van der Waals surface area contributed by atoms with Crippen LogP contribution in [0.2, 0.25) is 0 Å². The predicted molar refractivity (Wildman–Crippen MR) is 135 cm³/mol. The first-order valence-electron chi connectivity index (χ1n) is 10.3. The lowest BCUT2D eigenvalue weighted by molar-refractivity contribution is 0.223. The maximum Gasteiger partial charge on any atom is 0.191 e. The minimum Gasteiger partial charge on any atom is -0.497 e. The predicted octanol–water partition coefficient (Wildman–Crippen LogP) is 3.91. The fraction of sp³-hybridized carbons (Fsp3) is 0.435. The van der Waals surface area contributed by atoms with Crippen molar-refractivity contribution < 1.29 is 13.9 Å². The van der Waals surface area contributed by atoms with Crippen LogP contribution in [0.5, 0.6) is 11.5 Å². The van der Waals surface area contributed by atoms with Crippen LogP contribution in [0.1, 0.15) is 13.3 Å². The number of nitrogens with zero attached hydrogens (tertiary/aromatic N) is 2. The van der Waals surface area contributed by atoms with Crippen LogP contribution in [-0.4, -0.2) is 52.4 Å². The summed E-state index contributed by atoms with van der Waals surface area (Å²) < 4.78 is 24.4. The molecule has 3 rings (SSSR count). The zero-order valence-electron chi connectivity index (χ0n) is 18.3. The van der Waals surface area contributed by atoms with E-state index in [1.165, 1.54) is 17.8 Å². The van der Waals surface area contributed by atoms with Crippen LogP contribution in [0.4, 0.5) is 10.1 Å². The molecule has 0 aliphatic carbocycles. The summed E-state index contributed by atoms with van der Waals surface area (Å²) in [4.78, 5) is 6.68. The van der Waals surface area contributed by atoms with Gasteiger partial charge >= 0.3 is 0 Å². The van der Waals surface area contributed by atoms with E-state index >= 15 is 0 Å². The first-order chi connectivity index (χ1) is 14.6. The van der Waals surface area contributed by atoms with Crippen LogP contribution in [0.15, 0.2) is 53.5 Å². The second-order valence-corrected chi connectivity index (χ2v) is 7.52. The highest BCUT2D eigenvalue weighted by Gasteiger charge is 2.23. The SMILES string of the molecule is CN=C(NCC1CCN(c2cccc(OC)c2)C1)NCC(C)Oc1cccc(F)c1.I. The van der Waals surface area contributed by atoms with Crippen LogP contribution < -0.4 is 25.0 Å². The molecule has 2 N–H and O–H groups in total. The zero-order chi connectivity index (χ0) is 21.3. The lowest BCUT2D eigenvalue weighted by atomic mass is 10.1. The number of anilines is 1. The number of methoxy groups -OCH3 is 1. The standard InChI is InChI=1S/C23H31FN4O2.HI/c1-17(30-22-9-4-6-19(24)12-22)14-26-23(25-2)27-15-18-10-11-28(16-18)20-7-5-8-21(13-20)29-3;/h4-9,12-13,17-18H,10-11,14-16H2,1-3H3,(H2,25,26,27);1H. The van der Waals surface area contributed by atoms with Crippen molar-refractivity contribution in [2.75, 3.05) is 45.2 Å². The summed E-state index contributed by atoms with van der Waals surface area (Å²) in [5, 5.41) is 6.68. The molecule has 2 aromatic rings. The van der Waals surface area contributed by atoms with Gasteiger partial charge in [-0.2, -0.15) is 0 Å². The Morgan fingerprint density at radius 3 is 2.71 bits per heavy atom. The fourth-order valence-electron chi connectivity index (χ4n) is 3.56. The van der Waals surface area contributed by atoms with Crippen LogP contribution in [-0.2, 0) is 0 Å². The van der Waals surface area contributed by atoms with Gasteiger partial charge in [-0.05, 0) is 43.5 Å². The van der Waals surface area contributed by atoms with E-state index in [0.29, 0.717) is 18.2 Å². The molecule has 1 aliphatic rings. The van der Waals surface area contributed by atoms with E-state index in [9.17, 15) is 4.39 Å². The van der Waals surface area contributed by atoms with Crippen molar-refractivity contribution in [1.29, 1.82) is 0 Å². The Hall–Kier alpha value is -2.23. The van der Waals surface area contributed by atoms with Gasteiger partial charge in [-0.15, -0.1) is 24.0 Å². The van der Waals surface area contributed by atoms with Crippen molar-refractivity contribution in [2.45, 2.75) is 19.4 Å². The molecule has 31 heavy (non-hydrogen) atoms. The zero-order valence-corrected chi connectivity index (χ0v) is 20.6. The van der Waals surface area contributed by atoms with Crippen molar-refractivity contribution in [2.24, 2.45) is 10.9 Å². The number of aliphatic imine (C=N–C) groups is 1. The Bertz CT molecular complexity index is 852. The molecule has 0 aromatic heterocycles. The Morgan fingerprint density at radius 2 is 1.97 bits per heavy atom. The summed E-state index contributed by atoms with van der Waals surface area (Å²) in [6.45, 7) is 5.38. The van der Waals surface area contributed by atoms with Crippen LogP contribution in [0, 0.1) is 11.7 Å². The van der Waals surface area contributed by atoms with E-state index in [-0.39, 0.29) is 35.9 Å². The summed E-state index contributed by atoms with van der Waals surface area (Å²) in [5.74, 6) is 2.38. The number of nitrogens with one attached hydrogen (secondary N) is 2. The number of ether oxygens (including phenoxy) is 2. The lowest BCUT2D eigenvalue weighted by Crippen LogP contribution is -2.43. The van der Waals surface area contributed by atoms with Crippen LogP contribution >= 0.6 is 24.0 Å². The second kappa shape index (κ2) is 12.6. The van der Waals surface area contributed by atoms with Gasteiger partial charge in [0.05, 0.1) is 13.7 Å². The van der Waals surface area contributed by atoms with Crippen molar-refractivity contribution in [3.63, 3.8) is 0 Å². The molecule has 8 heteroatoms. The average molecular weight is 542 g/mol. The summed E-state index contributed by atoms with van der Waals surface area (Å²) in [6.07, 6.45) is 1.00. The first-order valence-corrected chi connectivity index (χ1v) is 10.3. The highest BCUT2D eigenvalue weighted by molar-refractivity contribution is 14.0. The number of hydrogen-bond acceptors (Lipinski definition) is 4. The number of benzene rings is 2. The third-order valence-corrected chi connectivity index (χ3v) is 5.18. The number of guanidine groups is 1. The normalized spacial score (nSPS) is 17.0. The molecule has 1 heterocycles. The Morgan fingerprint density at radius 1 is 1.19 bits per heavy atom. The molecular formula is C23H32FIN4O2. The summed E-state index contributed by atoms with van der Waals surface area (Å²) in [5.41, 5.74) is 1.20. The molecule has 0 radical (unpaired) electrons. The second-order valence-electron chi connectivity index (χ2n) is 7.52. The number of halogens is 2. The van der Waals surface area contributed by atoms with E-state index in [4.69, 9.17) is 9.47 Å². The van der Waals surface area contributed by atoms with E-state index in [1.54, 1.807) is 26.3 Å². The van der Waals surface area contributed by atoms with Crippen molar-refractivity contribution in [1.82, 2.24) is 10.6 Å². The molecule has 6 nitrogen and oxygen atoms in total. The van der Waals surface area contributed by atoms with Gasteiger partial charge in [-0.25, -0.2) is 4.39 Å². The van der Waals surface area contributed by atoms with Crippen LogP contribution in [0.25, 0.3) is 0 Å². The van der Waals surface area contributed by atoms with Gasteiger partial charge in [-0.1, -0.05) is 12.1 Å². The maximum atomic E-state index is 13.3. The largest absolute Gasteiger partial charge is 0.497 e. The van der Waals surface area contributed by atoms with Crippen molar-refractivity contribution in [3.8, 4) is 11.5 Å². The highest BCUT2D eigenvalue weighted by Crippen LogP contribution is 2.26. The fourth-order valence-corrected chi connectivity index (χ4v) is 3.56. The summed E-state index contributed by atoms with van der Waals surface area (Å²) in [7, 11) is 3.45. The molecule has 2 unspecified atom stereocenters. The third kappa shape index (κ3) is 7.75. The molecule has 2 aromatic carbocycles. The van der Waals surface area contributed by atoms with E-state index in [2.05, 4.69) is 32.7 Å². The number of rotatable bonds is 8. The molecule has 0 amide bonds. The third-order valence-electron chi connectivity index (χ3n) is 5.18. The average Bonchev–Trinajstić information content (AvgIpc) is 3.23. The van der Waals surface area contributed by atoms with Crippen molar-refractivity contribution >= 4 is 35.6 Å². The minimum absolute atomic E-state index is 0. The molecule has 1 saturated heterocycles. The number of hydrogen-bond donors (Lipinski definition) is 2. The van der Waals surface area contributed by atoms with E-state index in [0.717, 1.165) is 37.8 Å². The van der Waals surface area contributed by atoms with Gasteiger partial charge in [0.15, 0.2) is 5.96 Å². The van der Waals surface area contributed by atoms with E-state index in [1.807, 2.05) is 19.1 Å². The molecule has 1 aliphatic heterocycles. The van der Waals surface area contributed by atoms with Gasteiger partial charge < -0.3 is 25.0 Å². The van der Waals surface area contributed by atoms with Gasteiger partial charge in [0.2, 0.25) is 0 Å². The molecule has 1 fully saturated rings. The first kappa shape index (κ1) is 25.0. The quantitative estimate of drug-likeness (QED) is 0.301. The van der Waals surface area contributed by atoms with E-state index < -0.39 is 0 Å². The maximum absolute atomic E-state index is 13.3. The Balaban J connectivity index is 0.00000341. The molecular weight excluding hydrogens is 510 g/mol. The topological polar surface area (TPSA) is 58.1 Å². The van der Waals surface area contributed by atoms with Gasteiger partial charge in [0.1, 0.15) is 23.4 Å². The van der Waals surface area contributed by atoms with Crippen LogP contribution in [0.3, 0.4) is 0 Å². The summed E-state index contributed by atoms with van der Waals surface area (Å²) in [6, 6.07) is 14.4. The van der Waals surface area contributed by atoms with Gasteiger partial charge in [0.25, 0.3) is 0 Å². The Labute approximate surface area is 201 Å². The lowest BCUT2D eigenvalue weighted by Gasteiger charge is -2.21. The Kier molecular flexibility index (Phi) is 10.2. The van der Waals surface area contributed by atoms with Gasteiger partial charge in [0, 0.05) is 44.5 Å². The molecule has 0 saturated carbocycles. The van der Waals surface area contributed by atoms with Gasteiger partial charge in [-0.3, -0.25) is 4.99 Å². The molecule has 170 valence electrons.